The summed E-state index contributed by atoms with van der Waals surface area (Å²) < 4.78 is 0. The molecule has 0 amide bonds. The molecule has 6 heavy (non-hydrogen) atoms. The van der Waals surface area contributed by atoms with Gasteiger partial charge in [0.1, 0.15) is 0 Å². The lowest BCUT2D eigenvalue weighted by molar-refractivity contribution is 0.852. The van der Waals surface area contributed by atoms with E-state index in [0.29, 0.717) is 6.54 Å². The first-order chi connectivity index (χ1) is 2.91. The zero-order valence-corrected chi connectivity index (χ0v) is 4.41. The van der Waals surface area contributed by atoms with Crippen LogP contribution in [0.3, 0.4) is 0 Å². The Hall–Kier alpha value is -0.0500. The highest BCUT2D eigenvalue weighted by Crippen LogP contribution is 1.81. The molecule has 3 heteroatoms. The van der Waals surface area contributed by atoms with Crippen molar-refractivity contribution in [3.05, 3.63) is 0 Å². The van der Waals surface area contributed by atoms with Crippen LogP contribution in [-0.4, -0.2) is 12.3 Å². The van der Waals surface area contributed by atoms with Crippen molar-refractivity contribution in [3.63, 3.8) is 0 Å². The second kappa shape index (κ2) is 4.95. The normalized spacial score (nSPS) is 8.17. The van der Waals surface area contributed by atoms with Gasteiger partial charge in [-0.2, -0.15) is 17.7 Å². The van der Waals surface area contributed by atoms with Crippen molar-refractivity contribution in [2.24, 2.45) is 5.11 Å². The minimum Gasteiger partial charge on any atom is -0.210 e. The molecule has 0 bridgehead atoms. The summed E-state index contributed by atoms with van der Waals surface area (Å²) in [6, 6.07) is 0. The molecule has 0 aliphatic rings. The van der Waals surface area contributed by atoms with Crippen molar-refractivity contribution in [3.8, 4) is 0 Å². The standard InChI is InChI=1S/C3H8N2S/c4-5-2-1-3-6/h4,6H,1-3H2. The SMILES string of the molecule is N=NCCCS. The molecule has 0 spiro atoms. The van der Waals surface area contributed by atoms with E-state index in [4.69, 9.17) is 5.53 Å². The van der Waals surface area contributed by atoms with Gasteiger partial charge in [0, 0.05) is 0 Å². The van der Waals surface area contributed by atoms with E-state index in [1.807, 2.05) is 0 Å². The Morgan fingerprint density at radius 3 is 2.50 bits per heavy atom. The first-order valence-electron chi connectivity index (χ1n) is 1.86. The third-order valence-electron chi connectivity index (χ3n) is 0.428. The molecule has 0 aromatic heterocycles. The second-order valence-corrected chi connectivity index (χ2v) is 1.41. The van der Waals surface area contributed by atoms with Crippen molar-refractivity contribution >= 4 is 12.6 Å². The van der Waals surface area contributed by atoms with Crippen LogP contribution >= 0.6 is 12.6 Å². The van der Waals surface area contributed by atoms with Crippen LogP contribution in [0.25, 0.3) is 0 Å². The van der Waals surface area contributed by atoms with Crippen LogP contribution < -0.4 is 0 Å². The molecular formula is C3H8N2S. The van der Waals surface area contributed by atoms with Crippen molar-refractivity contribution in [1.82, 2.24) is 0 Å². The number of hydrogen-bond donors (Lipinski definition) is 2. The minimum atomic E-state index is 0.628. The monoisotopic (exact) mass is 104 g/mol. The molecule has 0 rings (SSSR count). The average Bonchev–Trinajstić information content (AvgIpc) is 1.61. The third kappa shape index (κ3) is 3.95. The minimum absolute atomic E-state index is 0.628. The molecule has 0 aromatic rings. The highest BCUT2D eigenvalue weighted by atomic mass is 32.1. The first-order valence-corrected chi connectivity index (χ1v) is 2.49. The molecule has 0 heterocycles. The number of nitrogens with zero attached hydrogens (tertiary/aromatic N) is 1. The quantitative estimate of drug-likeness (QED) is 0.308. The zero-order valence-electron chi connectivity index (χ0n) is 3.52. The average molecular weight is 104 g/mol. The lowest BCUT2D eigenvalue weighted by Gasteiger charge is -1.80. The molecule has 0 radical (unpaired) electrons. The molecule has 0 aliphatic carbocycles. The summed E-state index contributed by atoms with van der Waals surface area (Å²) in [5.74, 6) is 0.836. The lowest BCUT2D eigenvalue weighted by Crippen LogP contribution is -1.76. The molecule has 0 fully saturated rings. The molecule has 0 unspecified atom stereocenters. The van der Waals surface area contributed by atoms with Gasteiger partial charge in [-0.3, -0.25) is 0 Å². The van der Waals surface area contributed by atoms with Gasteiger partial charge in [-0.05, 0) is 12.2 Å². The van der Waals surface area contributed by atoms with E-state index in [1.54, 1.807) is 0 Å². The summed E-state index contributed by atoms with van der Waals surface area (Å²) in [4.78, 5) is 0. The van der Waals surface area contributed by atoms with E-state index in [0.717, 1.165) is 12.2 Å². The number of thiol groups is 1. The predicted molar refractivity (Wildman–Crippen MR) is 28.5 cm³/mol. The van der Waals surface area contributed by atoms with Gasteiger partial charge >= 0.3 is 0 Å². The Bertz CT molecular complexity index is 37.8. The largest absolute Gasteiger partial charge is 0.210 e. The van der Waals surface area contributed by atoms with Crippen LogP contribution in [-0.2, 0) is 0 Å². The van der Waals surface area contributed by atoms with Gasteiger partial charge in [-0.25, -0.2) is 5.53 Å². The first kappa shape index (κ1) is 5.95. The Morgan fingerprint density at radius 1 is 1.67 bits per heavy atom. The van der Waals surface area contributed by atoms with Gasteiger partial charge in [0.15, 0.2) is 0 Å². The molecule has 0 saturated heterocycles. The summed E-state index contributed by atoms with van der Waals surface area (Å²) in [6.45, 7) is 0.628. The van der Waals surface area contributed by atoms with Gasteiger partial charge in [0.05, 0.1) is 6.54 Å². The van der Waals surface area contributed by atoms with Crippen molar-refractivity contribution in [2.45, 2.75) is 6.42 Å². The van der Waals surface area contributed by atoms with Crippen LogP contribution in [0.15, 0.2) is 5.11 Å². The Morgan fingerprint density at radius 2 is 2.33 bits per heavy atom. The third-order valence-corrected chi connectivity index (χ3v) is 0.744. The second-order valence-electron chi connectivity index (χ2n) is 0.959. The van der Waals surface area contributed by atoms with E-state index in [9.17, 15) is 0 Å². The van der Waals surface area contributed by atoms with Gasteiger partial charge < -0.3 is 0 Å². The molecule has 0 atom stereocenters. The lowest BCUT2D eigenvalue weighted by atomic mass is 10.5. The summed E-state index contributed by atoms with van der Waals surface area (Å²) in [6.07, 6.45) is 0.923. The molecule has 0 aromatic carbocycles. The van der Waals surface area contributed by atoms with E-state index in [-0.39, 0.29) is 0 Å². The smallest absolute Gasteiger partial charge is 0.0604 e. The maximum Gasteiger partial charge on any atom is 0.0604 e. The number of rotatable bonds is 3. The van der Waals surface area contributed by atoms with Crippen molar-refractivity contribution in [2.75, 3.05) is 12.3 Å². The molecule has 0 aliphatic heterocycles. The fraction of sp³-hybridized carbons (Fsp3) is 1.00. The van der Waals surface area contributed by atoms with Crippen LogP contribution in [0.5, 0.6) is 0 Å². The van der Waals surface area contributed by atoms with Gasteiger partial charge in [-0.15, -0.1) is 0 Å². The molecule has 2 nitrogen and oxygen atoms in total. The van der Waals surface area contributed by atoms with Gasteiger partial charge in [0.2, 0.25) is 0 Å². The molecular weight excluding hydrogens is 96.1 g/mol. The van der Waals surface area contributed by atoms with E-state index < -0.39 is 0 Å². The Balaban J connectivity index is 2.49. The Kier molecular flexibility index (Phi) is 4.91. The van der Waals surface area contributed by atoms with E-state index >= 15 is 0 Å². The van der Waals surface area contributed by atoms with E-state index in [2.05, 4.69) is 17.7 Å². The Labute approximate surface area is 42.9 Å². The maximum atomic E-state index is 6.30. The fourth-order valence-electron chi connectivity index (χ4n) is 0.150. The van der Waals surface area contributed by atoms with Crippen LogP contribution in [0.1, 0.15) is 6.42 Å². The highest BCUT2D eigenvalue weighted by molar-refractivity contribution is 7.80. The fourth-order valence-corrected chi connectivity index (χ4v) is 0.291. The number of nitrogens with one attached hydrogen (secondary N) is 1. The van der Waals surface area contributed by atoms with Crippen LogP contribution in [0.2, 0.25) is 0 Å². The summed E-state index contributed by atoms with van der Waals surface area (Å²) in [5.41, 5.74) is 6.30. The highest BCUT2D eigenvalue weighted by Gasteiger charge is 1.73. The summed E-state index contributed by atoms with van der Waals surface area (Å²) in [7, 11) is 0. The molecule has 1 N–H and O–H groups in total. The summed E-state index contributed by atoms with van der Waals surface area (Å²) >= 11 is 3.91. The van der Waals surface area contributed by atoms with Crippen LogP contribution in [0.4, 0.5) is 0 Å². The predicted octanol–water partition coefficient (Wildman–Crippen LogP) is 1.34. The summed E-state index contributed by atoms with van der Waals surface area (Å²) in [5, 5.41) is 3.13. The van der Waals surface area contributed by atoms with Crippen molar-refractivity contribution in [1.29, 1.82) is 5.53 Å². The zero-order chi connectivity index (χ0) is 4.83. The maximum absolute atomic E-state index is 6.30. The van der Waals surface area contributed by atoms with Crippen LogP contribution in [0, 0.1) is 5.53 Å². The number of hydrogen-bond acceptors (Lipinski definition) is 3. The molecule has 0 saturated carbocycles. The van der Waals surface area contributed by atoms with E-state index in [1.165, 1.54) is 0 Å². The van der Waals surface area contributed by atoms with Gasteiger partial charge in [-0.1, -0.05) is 0 Å². The topological polar surface area (TPSA) is 36.2 Å². The molecule has 36 valence electrons. The van der Waals surface area contributed by atoms with Crippen molar-refractivity contribution < 1.29 is 0 Å². The van der Waals surface area contributed by atoms with Gasteiger partial charge in [0.25, 0.3) is 0 Å².